The number of nitrogens with one attached hydrogen (secondary N) is 1. The molecule has 0 bridgehead atoms. The summed E-state index contributed by atoms with van der Waals surface area (Å²) in [6.45, 7) is 11.6. The number of rotatable bonds is 1. The van der Waals surface area contributed by atoms with E-state index >= 15 is 0 Å². The first-order valence-corrected chi connectivity index (χ1v) is 5.09. The van der Waals surface area contributed by atoms with Crippen molar-refractivity contribution in [1.29, 1.82) is 0 Å². The van der Waals surface area contributed by atoms with Crippen LogP contribution >= 0.6 is 11.9 Å². The Kier molecular flexibility index (Phi) is 4.10. The number of ether oxygens (including phenoxy) is 1. The second-order valence-electron chi connectivity index (χ2n) is 4.82. The topological polar surface area (TPSA) is 38.3 Å². The molecule has 0 aromatic heterocycles. The maximum absolute atomic E-state index is 11.2. The number of hydrogen-bond donors (Lipinski definition) is 1. The highest BCUT2D eigenvalue weighted by Gasteiger charge is 2.18. The molecule has 78 valence electrons. The summed E-state index contributed by atoms with van der Waals surface area (Å²) >= 11 is 1.36. The molecule has 0 saturated heterocycles. The molecule has 0 rings (SSSR count). The van der Waals surface area contributed by atoms with Crippen LogP contribution in [0.15, 0.2) is 0 Å². The van der Waals surface area contributed by atoms with E-state index in [4.69, 9.17) is 4.74 Å². The minimum absolute atomic E-state index is 0.0108. The van der Waals surface area contributed by atoms with Crippen LogP contribution in [0.4, 0.5) is 4.79 Å². The molecule has 1 amide bonds. The van der Waals surface area contributed by atoms with Crippen molar-refractivity contribution in [3.8, 4) is 0 Å². The van der Waals surface area contributed by atoms with Crippen molar-refractivity contribution in [2.45, 2.75) is 51.9 Å². The van der Waals surface area contributed by atoms with Crippen LogP contribution in [0.2, 0.25) is 0 Å². The van der Waals surface area contributed by atoms with Gasteiger partial charge < -0.3 is 4.74 Å². The SMILES string of the molecule is CC(C)(C)OC(=O)NSC(C)(C)C. The molecule has 0 aliphatic heterocycles. The highest BCUT2D eigenvalue weighted by atomic mass is 32.2. The maximum Gasteiger partial charge on any atom is 0.417 e. The smallest absolute Gasteiger partial charge is 0.417 e. The molecule has 13 heavy (non-hydrogen) atoms. The fraction of sp³-hybridized carbons (Fsp3) is 0.889. The predicted molar refractivity (Wildman–Crippen MR) is 56.7 cm³/mol. The third kappa shape index (κ3) is 9.53. The van der Waals surface area contributed by atoms with Gasteiger partial charge in [0.2, 0.25) is 0 Å². The zero-order chi connectivity index (χ0) is 10.7. The van der Waals surface area contributed by atoms with Crippen molar-refractivity contribution in [1.82, 2.24) is 4.72 Å². The van der Waals surface area contributed by atoms with E-state index in [-0.39, 0.29) is 10.8 Å². The summed E-state index contributed by atoms with van der Waals surface area (Å²) in [4.78, 5) is 11.2. The van der Waals surface area contributed by atoms with E-state index in [1.165, 1.54) is 11.9 Å². The van der Waals surface area contributed by atoms with Crippen LogP contribution in [0, 0.1) is 0 Å². The van der Waals surface area contributed by atoms with E-state index in [1.807, 2.05) is 41.5 Å². The Morgan fingerprint density at radius 3 is 1.92 bits per heavy atom. The fourth-order valence-corrected chi connectivity index (χ4v) is 0.925. The molecule has 3 nitrogen and oxygen atoms in total. The first kappa shape index (κ1) is 12.6. The number of carbonyl (C=O) groups excluding carboxylic acids is 1. The quantitative estimate of drug-likeness (QED) is 0.669. The molecule has 0 atom stereocenters. The van der Waals surface area contributed by atoms with Gasteiger partial charge >= 0.3 is 6.09 Å². The van der Waals surface area contributed by atoms with Gasteiger partial charge in [-0.1, -0.05) is 0 Å². The van der Waals surface area contributed by atoms with Crippen LogP contribution in [0.25, 0.3) is 0 Å². The highest BCUT2D eigenvalue weighted by molar-refractivity contribution is 7.99. The summed E-state index contributed by atoms with van der Waals surface area (Å²) in [5.41, 5.74) is -0.428. The average molecular weight is 205 g/mol. The average Bonchev–Trinajstić information content (AvgIpc) is 1.78. The van der Waals surface area contributed by atoms with Gasteiger partial charge in [-0.3, -0.25) is 4.72 Å². The molecule has 0 unspecified atom stereocenters. The van der Waals surface area contributed by atoms with Gasteiger partial charge in [-0.05, 0) is 53.5 Å². The molecule has 0 aromatic carbocycles. The van der Waals surface area contributed by atoms with Crippen LogP contribution in [0.5, 0.6) is 0 Å². The lowest BCUT2D eigenvalue weighted by Crippen LogP contribution is -2.31. The largest absolute Gasteiger partial charge is 0.443 e. The van der Waals surface area contributed by atoms with Gasteiger partial charge in [-0.2, -0.15) is 0 Å². The lowest BCUT2D eigenvalue weighted by molar-refractivity contribution is 0.0574. The Morgan fingerprint density at radius 1 is 1.15 bits per heavy atom. The summed E-state index contributed by atoms with van der Waals surface area (Å²) in [6.07, 6.45) is -0.382. The van der Waals surface area contributed by atoms with Crippen LogP contribution < -0.4 is 4.72 Å². The fourth-order valence-electron chi connectivity index (χ4n) is 0.494. The first-order valence-electron chi connectivity index (χ1n) is 4.27. The Bertz CT molecular complexity index is 179. The van der Waals surface area contributed by atoms with E-state index in [1.54, 1.807) is 0 Å². The van der Waals surface area contributed by atoms with E-state index in [0.717, 1.165) is 0 Å². The molecular weight excluding hydrogens is 186 g/mol. The molecule has 0 aliphatic rings. The van der Waals surface area contributed by atoms with Gasteiger partial charge in [0.05, 0.1) is 0 Å². The summed E-state index contributed by atoms with van der Waals surface area (Å²) in [5, 5.41) is 0. The standard InChI is InChI=1S/C9H19NO2S/c1-8(2,3)12-7(11)10-13-9(4,5)6/h1-6H3,(H,10,11). The molecule has 0 radical (unpaired) electrons. The van der Waals surface area contributed by atoms with Gasteiger partial charge in [-0.15, -0.1) is 0 Å². The Morgan fingerprint density at radius 2 is 1.62 bits per heavy atom. The van der Waals surface area contributed by atoms with Gasteiger partial charge in [0, 0.05) is 4.75 Å². The van der Waals surface area contributed by atoms with Gasteiger partial charge in [0.25, 0.3) is 0 Å². The molecule has 0 aliphatic carbocycles. The molecule has 0 saturated carbocycles. The Balaban J connectivity index is 3.78. The third-order valence-electron chi connectivity index (χ3n) is 0.839. The molecular formula is C9H19NO2S. The van der Waals surface area contributed by atoms with Crippen molar-refractivity contribution in [3.63, 3.8) is 0 Å². The Labute approximate surface area is 84.7 Å². The normalized spacial score (nSPS) is 12.5. The maximum atomic E-state index is 11.2. The summed E-state index contributed by atoms with van der Waals surface area (Å²) in [6, 6.07) is 0. The molecule has 0 spiro atoms. The molecule has 0 aromatic rings. The van der Waals surface area contributed by atoms with E-state index in [9.17, 15) is 4.79 Å². The molecule has 4 heteroatoms. The zero-order valence-electron chi connectivity index (χ0n) is 9.22. The zero-order valence-corrected chi connectivity index (χ0v) is 10.0. The minimum Gasteiger partial charge on any atom is -0.443 e. The summed E-state index contributed by atoms with van der Waals surface area (Å²) < 4.78 is 7.71. The predicted octanol–water partition coefficient (Wildman–Crippen LogP) is 2.96. The van der Waals surface area contributed by atoms with Crippen LogP contribution in [0.3, 0.4) is 0 Å². The lowest BCUT2D eigenvalue weighted by Gasteiger charge is -2.22. The minimum atomic E-state index is -0.428. The molecule has 0 fully saturated rings. The van der Waals surface area contributed by atoms with Crippen molar-refractivity contribution in [2.24, 2.45) is 0 Å². The van der Waals surface area contributed by atoms with Crippen LogP contribution in [0.1, 0.15) is 41.5 Å². The number of hydrogen-bond acceptors (Lipinski definition) is 3. The van der Waals surface area contributed by atoms with Crippen LogP contribution in [-0.2, 0) is 4.74 Å². The van der Waals surface area contributed by atoms with E-state index in [2.05, 4.69) is 4.72 Å². The van der Waals surface area contributed by atoms with Gasteiger partial charge in [0.1, 0.15) is 5.60 Å². The van der Waals surface area contributed by atoms with Crippen molar-refractivity contribution >= 4 is 18.0 Å². The number of amides is 1. The van der Waals surface area contributed by atoms with E-state index < -0.39 is 5.60 Å². The highest BCUT2D eigenvalue weighted by Crippen LogP contribution is 2.20. The summed E-state index contributed by atoms with van der Waals surface area (Å²) in [7, 11) is 0. The second-order valence-corrected chi connectivity index (χ2v) is 6.45. The van der Waals surface area contributed by atoms with Crippen molar-refractivity contribution < 1.29 is 9.53 Å². The Hall–Kier alpha value is -0.380. The lowest BCUT2D eigenvalue weighted by atomic mass is 10.2. The van der Waals surface area contributed by atoms with Crippen molar-refractivity contribution in [3.05, 3.63) is 0 Å². The third-order valence-corrected chi connectivity index (χ3v) is 1.72. The first-order chi connectivity index (χ1) is 5.60. The second kappa shape index (κ2) is 4.22. The number of carbonyl (C=O) groups is 1. The van der Waals surface area contributed by atoms with Gasteiger partial charge in [0.15, 0.2) is 0 Å². The molecule has 0 heterocycles. The van der Waals surface area contributed by atoms with Crippen molar-refractivity contribution in [2.75, 3.05) is 0 Å². The molecule has 1 N–H and O–H groups in total. The monoisotopic (exact) mass is 205 g/mol. The van der Waals surface area contributed by atoms with Gasteiger partial charge in [-0.25, -0.2) is 4.79 Å². The summed E-state index contributed by atoms with van der Waals surface area (Å²) in [5.74, 6) is 0. The van der Waals surface area contributed by atoms with Crippen LogP contribution in [-0.4, -0.2) is 16.4 Å². The van der Waals surface area contributed by atoms with E-state index in [0.29, 0.717) is 0 Å².